The fourth-order valence-corrected chi connectivity index (χ4v) is 5.98. The smallest absolute Gasteiger partial charge is 0.343 e. The van der Waals surface area contributed by atoms with Crippen LogP contribution in [0.15, 0.2) is 103 Å². The van der Waals surface area contributed by atoms with Crippen molar-refractivity contribution >= 4 is 23.8 Å². The van der Waals surface area contributed by atoms with Crippen LogP contribution >= 0.6 is 0 Å². The van der Waals surface area contributed by atoms with Crippen molar-refractivity contribution in [1.82, 2.24) is 0 Å². The number of allylic oxidation sites excluding steroid dienone is 1. The highest BCUT2D eigenvalue weighted by Crippen LogP contribution is 2.21. The average Bonchev–Trinajstić information content (AvgIpc) is 3.21. The van der Waals surface area contributed by atoms with E-state index >= 15 is 0 Å². The zero-order valence-corrected chi connectivity index (χ0v) is 32.8. The summed E-state index contributed by atoms with van der Waals surface area (Å²) in [6.07, 6.45) is 21.9. The lowest BCUT2D eigenvalue weighted by Gasteiger charge is -2.08. The Morgan fingerprint density at radius 3 is 1.18 bits per heavy atom. The van der Waals surface area contributed by atoms with E-state index in [9.17, 15) is 14.4 Å². The minimum Gasteiger partial charge on any atom is -0.494 e. The van der Waals surface area contributed by atoms with Gasteiger partial charge in [-0.05, 0) is 109 Å². The van der Waals surface area contributed by atoms with Gasteiger partial charge in [-0.2, -0.15) is 0 Å². The van der Waals surface area contributed by atoms with E-state index in [1.807, 2.05) is 12.1 Å². The second kappa shape index (κ2) is 25.0. The number of carbonyl (C=O) groups excluding carboxylic acids is 3. The maximum Gasteiger partial charge on any atom is 0.343 e. The average molecular weight is 747 g/mol. The van der Waals surface area contributed by atoms with Crippen LogP contribution in [-0.2, 0) is 0 Å². The first-order valence-electron chi connectivity index (χ1n) is 20.3. The summed E-state index contributed by atoms with van der Waals surface area (Å²) in [5.41, 5.74) is 2.07. The summed E-state index contributed by atoms with van der Waals surface area (Å²) in [7, 11) is 0. The van der Waals surface area contributed by atoms with E-state index in [0.29, 0.717) is 41.4 Å². The van der Waals surface area contributed by atoms with E-state index in [1.165, 1.54) is 83.1 Å². The van der Waals surface area contributed by atoms with Crippen LogP contribution < -0.4 is 18.9 Å². The molecule has 0 radical (unpaired) electrons. The van der Waals surface area contributed by atoms with E-state index < -0.39 is 11.9 Å². The summed E-state index contributed by atoms with van der Waals surface area (Å²) in [6, 6.07) is 27.2. The second-order valence-corrected chi connectivity index (χ2v) is 13.9. The first-order valence-corrected chi connectivity index (χ1v) is 20.3. The monoisotopic (exact) mass is 746 g/mol. The maximum atomic E-state index is 12.8. The van der Waals surface area contributed by atoms with Crippen molar-refractivity contribution in [1.29, 1.82) is 0 Å². The normalized spacial score (nSPS) is 11.0. The van der Waals surface area contributed by atoms with Crippen LogP contribution in [0.4, 0.5) is 0 Å². The molecule has 0 aliphatic heterocycles. The molecule has 7 heteroatoms. The molecule has 4 aromatic rings. The summed E-state index contributed by atoms with van der Waals surface area (Å²) < 4.78 is 22.7. The van der Waals surface area contributed by atoms with Crippen molar-refractivity contribution in [2.75, 3.05) is 13.2 Å². The van der Waals surface area contributed by atoms with Gasteiger partial charge in [-0.15, -0.1) is 0 Å². The zero-order valence-electron chi connectivity index (χ0n) is 32.8. The van der Waals surface area contributed by atoms with Gasteiger partial charge in [0, 0.05) is 5.56 Å². The largest absolute Gasteiger partial charge is 0.494 e. The van der Waals surface area contributed by atoms with E-state index in [-0.39, 0.29) is 5.78 Å². The van der Waals surface area contributed by atoms with Crippen molar-refractivity contribution in [3.05, 3.63) is 125 Å². The lowest BCUT2D eigenvalue weighted by molar-refractivity contribution is 0.0730. The van der Waals surface area contributed by atoms with Crippen LogP contribution in [0, 0.1) is 0 Å². The van der Waals surface area contributed by atoms with E-state index in [2.05, 4.69) is 13.8 Å². The molecular weight excluding hydrogens is 689 g/mol. The zero-order chi connectivity index (χ0) is 38.9. The third-order valence-electron chi connectivity index (χ3n) is 9.33. The number of esters is 2. The molecule has 55 heavy (non-hydrogen) atoms. The first kappa shape index (κ1) is 42.6. The van der Waals surface area contributed by atoms with Crippen LogP contribution in [0.2, 0.25) is 0 Å². The molecule has 0 N–H and O–H groups in total. The molecule has 0 saturated heterocycles. The lowest BCUT2D eigenvalue weighted by Crippen LogP contribution is -2.10. The molecule has 4 rings (SSSR count). The number of hydrogen-bond donors (Lipinski definition) is 0. The Kier molecular flexibility index (Phi) is 19.4. The Bertz CT molecular complexity index is 1720. The van der Waals surface area contributed by atoms with Crippen LogP contribution in [0.1, 0.15) is 147 Å². The number of ether oxygens (including phenoxy) is 4. The number of rotatable bonds is 26. The van der Waals surface area contributed by atoms with Crippen LogP contribution in [0.5, 0.6) is 23.0 Å². The molecule has 0 aliphatic rings. The van der Waals surface area contributed by atoms with Gasteiger partial charge in [0.15, 0.2) is 5.78 Å². The van der Waals surface area contributed by atoms with Crippen LogP contribution in [0.25, 0.3) is 6.08 Å². The quantitative estimate of drug-likeness (QED) is 0.0208. The predicted molar refractivity (Wildman–Crippen MR) is 221 cm³/mol. The van der Waals surface area contributed by atoms with Gasteiger partial charge in [0.05, 0.1) is 24.3 Å². The highest BCUT2D eigenvalue weighted by atomic mass is 16.5. The van der Waals surface area contributed by atoms with Crippen LogP contribution in [-0.4, -0.2) is 30.9 Å². The van der Waals surface area contributed by atoms with Crippen molar-refractivity contribution in [2.45, 2.75) is 110 Å². The molecule has 0 heterocycles. The summed E-state index contributed by atoms with van der Waals surface area (Å²) in [5.74, 6) is 0.994. The van der Waals surface area contributed by atoms with Gasteiger partial charge in [0.1, 0.15) is 23.0 Å². The number of unbranched alkanes of at least 4 members (excludes halogenated alkanes) is 13. The molecule has 292 valence electrons. The second-order valence-electron chi connectivity index (χ2n) is 13.9. The fraction of sp³-hybridized carbons (Fsp3) is 0.396. The molecule has 0 amide bonds. The standard InChI is InChI=1S/C48H58O7/c1-3-5-7-9-10-11-12-13-15-17-37-53-43-31-23-40(24-32-43)47(50)55-45-33-25-41(26-34-45)48(51)54-44-27-18-38(19-28-44)20-35-46(49)39-21-29-42(30-22-39)52-36-16-14-8-6-4-2/h18-35H,3-17,36-37H2,1-2H3/b35-20+. The van der Waals surface area contributed by atoms with Gasteiger partial charge < -0.3 is 18.9 Å². The lowest BCUT2D eigenvalue weighted by atomic mass is 10.1. The summed E-state index contributed by atoms with van der Waals surface area (Å²) in [4.78, 5) is 38.2. The molecule has 0 aromatic heterocycles. The van der Waals surface area contributed by atoms with Crippen molar-refractivity contribution in [3.8, 4) is 23.0 Å². The Labute approximate surface area is 328 Å². The molecule has 7 nitrogen and oxygen atoms in total. The topological polar surface area (TPSA) is 88.1 Å². The van der Waals surface area contributed by atoms with Gasteiger partial charge >= 0.3 is 11.9 Å². The molecule has 0 fully saturated rings. The predicted octanol–water partition coefficient (Wildman–Crippen LogP) is 12.7. The highest BCUT2D eigenvalue weighted by molar-refractivity contribution is 6.06. The minimum atomic E-state index is -0.548. The molecule has 0 atom stereocenters. The molecule has 4 aromatic carbocycles. The molecule has 0 saturated carbocycles. The first-order chi connectivity index (χ1) is 26.9. The van der Waals surface area contributed by atoms with Gasteiger partial charge in [-0.25, -0.2) is 9.59 Å². The third kappa shape index (κ3) is 16.4. The number of ketones is 1. The van der Waals surface area contributed by atoms with Gasteiger partial charge in [0.2, 0.25) is 0 Å². The van der Waals surface area contributed by atoms with Gasteiger partial charge in [0.25, 0.3) is 0 Å². The summed E-state index contributed by atoms with van der Waals surface area (Å²) >= 11 is 0. The Morgan fingerprint density at radius 1 is 0.418 bits per heavy atom. The van der Waals surface area contributed by atoms with Crippen molar-refractivity contribution < 1.29 is 33.3 Å². The fourth-order valence-electron chi connectivity index (χ4n) is 5.98. The molecule has 0 aliphatic carbocycles. The van der Waals surface area contributed by atoms with E-state index in [4.69, 9.17) is 18.9 Å². The third-order valence-corrected chi connectivity index (χ3v) is 9.33. The number of carbonyl (C=O) groups is 3. The highest BCUT2D eigenvalue weighted by Gasteiger charge is 2.12. The number of benzene rings is 4. The van der Waals surface area contributed by atoms with Crippen molar-refractivity contribution in [2.24, 2.45) is 0 Å². The molecule has 0 spiro atoms. The van der Waals surface area contributed by atoms with Crippen molar-refractivity contribution in [3.63, 3.8) is 0 Å². The molecule has 0 unspecified atom stereocenters. The summed E-state index contributed by atoms with van der Waals surface area (Å²) in [5, 5.41) is 0. The van der Waals surface area contributed by atoms with Crippen LogP contribution in [0.3, 0.4) is 0 Å². The molecule has 0 bridgehead atoms. The summed E-state index contributed by atoms with van der Waals surface area (Å²) in [6.45, 7) is 5.79. The molecular formula is C48H58O7. The van der Waals surface area contributed by atoms with Gasteiger partial charge in [-0.3, -0.25) is 4.79 Å². The van der Waals surface area contributed by atoms with E-state index in [0.717, 1.165) is 36.3 Å². The Balaban J connectivity index is 1.13. The maximum absolute atomic E-state index is 12.8. The van der Waals surface area contributed by atoms with E-state index in [1.54, 1.807) is 91.0 Å². The van der Waals surface area contributed by atoms with Gasteiger partial charge in [-0.1, -0.05) is 116 Å². The SMILES string of the molecule is CCCCCCCCCCCCOc1ccc(C(=O)Oc2ccc(C(=O)Oc3ccc(/C=C/C(=O)c4ccc(OCCCCCCC)cc4)cc3)cc2)cc1. The number of hydrogen-bond acceptors (Lipinski definition) is 7. The minimum absolute atomic E-state index is 0.117. The Hall–Kier alpha value is -5.17. The Morgan fingerprint density at radius 2 is 0.764 bits per heavy atom.